The molecule has 0 saturated heterocycles. The minimum Gasteiger partial charge on any atom is -0.166 e. The molecule has 0 aliphatic heterocycles. The summed E-state index contributed by atoms with van der Waals surface area (Å²) in [6.07, 6.45) is -10.2. The van der Waals surface area contributed by atoms with Crippen LogP contribution in [0.3, 0.4) is 0 Å². The third kappa shape index (κ3) is 2.92. The fraction of sp³-hybridized carbons (Fsp3) is 0.250. The zero-order valence-electron chi connectivity index (χ0n) is 7.40. The van der Waals surface area contributed by atoms with Crippen molar-refractivity contribution in [1.82, 2.24) is 0 Å². The molecule has 0 bridgehead atoms. The fourth-order valence-electron chi connectivity index (χ4n) is 0.941. The van der Waals surface area contributed by atoms with Gasteiger partial charge in [-0.25, -0.2) is 0 Å². The molecule has 1 aromatic carbocycles. The van der Waals surface area contributed by atoms with Crippen molar-refractivity contribution in [3.63, 3.8) is 0 Å². The summed E-state index contributed by atoms with van der Waals surface area (Å²) in [5.41, 5.74) is -3.61. The molecular weight excluding hydrogens is 316 g/mol. The van der Waals surface area contributed by atoms with Crippen molar-refractivity contribution in [2.24, 2.45) is 0 Å². The Labute approximate surface area is 106 Å². The van der Waals surface area contributed by atoms with Crippen molar-refractivity contribution >= 4 is 34.8 Å². The molecule has 0 N–H and O–H groups in total. The molecule has 0 saturated carbocycles. The Morgan fingerprint density at radius 1 is 0.647 bits per heavy atom. The van der Waals surface area contributed by atoms with Gasteiger partial charge in [0.05, 0.1) is 26.2 Å². The maximum absolute atomic E-state index is 12.3. The summed E-state index contributed by atoms with van der Waals surface area (Å²) in [5.74, 6) is 0. The van der Waals surface area contributed by atoms with Gasteiger partial charge in [-0.15, -0.1) is 0 Å². The highest BCUT2D eigenvalue weighted by Gasteiger charge is 2.41. The molecule has 1 aromatic rings. The van der Waals surface area contributed by atoms with E-state index in [0.29, 0.717) is 0 Å². The second-order valence-electron chi connectivity index (χ2n) is 2.81. The molecule has 95 valence electrons. The third-order valence-corrected chi connectivity index (χ3v) is 2.97. The van der Waals surface area contributed by atoms with Gasteiger partial charge in [-0.1, -0.05) is 34.8 Å². The fourth-order valence-corrected chi connectivity index (χ4v) is 1.68. The SMILES string of the molecule is FC(F)(F)c1[c]c(C(F)(F)F)c(Cl)c(Cl)c1Cl. The van der Waals surface area contributed by atoms with Crippen molar-refractivity contribution in [3.8, 4) is 0 Å². The summed E-state index contributed by atoms with van der Waals surface area (Å²) in [6.45, 7) is 0. The van der Waals surface area contributed by atoms with E-state index >= 15 is 0 Å². The van der Waals surface area contributed by atoms with Gasteiger partial charge >= 0.3 is 12.4 Å². The predicted octanol–water partition coefficient (Wildman–Crippen LogP) is 5.48. The van der Waals surface area contributed by atoms with Gasteiger partial charge in [-0.3, -0.25) is 0 Å². The normalized spacial score (nSPS) is 13.0. The van der Waals surface area contributed by atoms with Crippen LogP contribution in [-0.4, -0.2) is 0 Å². The molecular formula is C8Cl3F6. The van der Waals surface area contributed by atoms with E-state index in [4.69, 9.17) is 34.8 Å². The minimum atomic E-state index is -5.11. The summed E-state index contributed by atoms with van der Waals surface area (Å²) in [5, 5.41) is -3.24. The van der Waals surface area contributed by atoms with Gasteiger partial charge in [-0.05, 0) is 0 Å². The van der Waals surface area contributed by atoms with Crippen LogP contribution in [0.4, 0.5) is 26.3 Å². The topological polar surface area (TPSA) is 0 Å². The van der Waals surface area contributed by atoms with Gasteiger partial charge in [-0.2, -0.15) is 26.3 Å². The van der Waals surface area contributed by atoms with Gasteiger partial charge in [0, 0.05) is 6.07 Å². The van der Waals surface area contributed by atoms with Gasteiger partial charge in [0.25, 0.3) is 0 Å². The highest BCUT2D eigenvalue weighted by molar-refractivity contribution is 6.48. The molecule has 0 fully saturated rings. The Hall–Kier alpha value is -0.330. The summed E-state index contributed by atoms with van der Waals surface area (Å²) >= 11 is 15.6. The Morgan fingerprint density at radius 3 is 1.18 bits per heavy atom. The van der Waals surface area contributed by atoms with E-state index in [1.54, 1.807) is 0 Å². The Kier molecular flexibility index (Phi) is 3.82. The average Bonchev–Trinajstić information content (AvgIpc) is 2.10. The Morgan fingerprint density at radius 2 is 0.941 bits per heavy atom. The minimum absolute atomic E-state index is 1.01. The monoisotopic (exact) mass is 315 g/mol. The zero-order chi connectivity index (χ0) is 13.6. The lowest BCUT2D eigenvalue weighted by Gasteiger charge is -2.15. The smallest absolute Gasteiger partial charge is 0.166 e. The molecule has 17 heavy (non-hydrogen) atoms. The molecule has 0 unspecified atom stereocenters. The maximum Gasteiger partial charge on any atom is 0.418 e. The molecule has 0 spiro atoms. The lowest BCUT2D eigenvalue weighted by molar-refractivity contribution is -0.143. The van der Waals surface area contributed by atoms with Crippen LogP contribution in [0, 0.1) is 6.07 Å². The summed E-state index contributed by atoms with van der Waals surface area (Å²) in [6, 6.07) is 1.10. The van der Waals surface area contributed by atoms with Crippen LogP contribution in [0.2, 0.25) is 15.1 Å². The van der Waals surface area contributed by atoms with Gasteiger partial charge in [0.2, 0.25) is 0 Å². The van der Waals surface area contributed by atoms with E-state index in [1.165, 1.54) is 0 Å². The van der Waals surface area contributed by atoms with Gasteiger partial charge < -0.3 is 0 Å². The molecule has 0 heterocycles. The van der Waals surface area contributed by atoms with Crippen LogP contribution in [-0.2, 0) is 12.4 Å². The summed E-state index contributed by atoms with van der Waals surface area (Å²) < 4.78 is 74.1. The maximum atomic E-state index is 12.3. The van der Waals surface area contributed by atoms with Crippen molar-refractivity contribution in [2.45, 2.75) is 12.4 Å². The van der Waals surface area contributed by atoms with Crippen molar-refractivity contribution in [3.05, 3.63) is 32.3 Å². The van der Waals surface area contributed by atoms with Crippen LogP contribution < -0.4 is 0 Å². The van der Waals surface area contributed by atoms with E-state index in [9.17, 15) is 26.3 Å². The largest absolute Gasteiger partial charge is 0.418 e. The lowest BCUT2D eigenvalue weighted by Crippen LogP contribution is -2.13. The first kappa shape index (κ1) is 14.7. The number of rotatable bonds is 0. The Bertz CT molecular complexity index is 410. The first-order chi connectivity index (χ1) is 7.46. The van der Waals surface area contributed by atoms with E-state index in [-0.39, 0.29) is 0 Å². The van der Waals surface area contributed by atoms with Crippen LogP contribution >= 0.6 is 34.8 Å². The van der Waals surface area contributed by atoms with Crippen LogP contribution in [0.1, 0.15) is 11.1 Å². The highest BCUT2D eigenvalue weighted by atomic mass is 35.5. The molecule has 0 amide bonds. The Balaban J connectivity index is 3.63. The zero-order valence-corrected chi connectivity index (χ0v) is 9.67. The van der Waals surface area contributed by atoms with Crippen LogP contribution in [0.15, 0.2) is 0 Å². The number of alkyl halides is 6. The van der Waals surface area contributed by atoms with Gasteiger partial charge in [0.15, 0.2) is 0 Å². The number of hydrogen-bond acceptors (Lipinski definition) is 0. The second-order valence-corrected chi connectivity index (χ2v) is 3.95. The van der Waals surface area contributed by atoms with Crippen molar-refractivity contribution in [1.29, 1.82) is 0 Å². The van der Waals surface area contributed by atoms with Crippen LogP contribution in [0.25, 0.3) is 0 Å². The lowest BCUT2D eigenvalue weighted by atomic mass is 10.1. The molecule has 0 nitrogen and oxygen atoms in total. The number of hydrogen-bond donors (Lipinski definition) is 0. The highest BCUT2D eigenvalue weighted by Crippen LogP contribution is 2.46. The standard InChI is InChI=1S/C8Cl3F6/c9-4-2(7(12,13)14)1-3(8(15,16)17)5(10)6(4)11. The van der Waals surface area contributed by atoms with Crippen molar-refractivity contribution < 1.29 is 26.3 Å². The van der Waals surface area contributed by atoms with Crippen molar-refractivity contribution in [2.75, 3.05) is 0 Å². The van der Waals surface area contributed by atoms with E-state index in [2.05, 4.69) is 0 Å². The molecule has 0 atom stereocenters. The molecule has 9 heteroatoms. The number of benzene rings is 1. The molecule has 0 aliphatic rings. The first-order valence-electron chi connectivity index (χ1n) is 3.70. The second kappa shape index (κ2) is 4.40. The predicted molar refractivity (Wildman–Crippen MR) is 50.3 cm³/mol. The van der Waals surface area contributed by atoms with Crippen LogP contribution in [0.5, 0.6) is 0 Å². The summed E-state index contributed by atoms with van der Waals surface area (Å²) in [7, 11) is 0. The summed E-state index contributed by atoms with van der Waals surface area (Å²) in [4.78, 5) is 0. The molecule has 0 aliphatic carbocycles. The molecule has 0 aromatic heterocycles. The quantitative estimate of drug-likeness (QED) is 0.439. The average molecular weight is 316 g/mol. The van der Waals surface area contributed by atoms with E-state index in [0.717, 1.165) is 6.07 Å². The van der Waals surface area contributed by atoms with E-state index < -0.39 is 38.5 Å². The first-order valence-corrected chi connectivity index (χ1v) is 4.83. The molecule has 1 radical (unpaired) electrons. The van der Waals surface area contributed by atoms with E-state index in [1.807, 2.05) is 0 Å². The number of halogens is 9. The third-order valence-electron chi connectivity index (χ3n) is 1.64. The molecule has 1 rings (SSSR count). The van der Waals surface area contributed by atoms with Gasteiger partial charge in [0.1, 0.15) is 0 Å².